The number of unbranched alkanes of at least 4 members (excludes halogenated alkanes) is 28. The third-order valence-electron chi connectivity index (χ3n) is 9.98. The van der Waals surface area contributed by atoms with E-state index < -0.39 is 5.79 Å². The van der Waals surface area contributed by atoms with Crippen LogP contribution in [0.25, 0.3) is 0 Å². The van der Waals surface area contributed by atoms with Crippen molar-refractivity contribution < 1.29 is 14.7 Å². The average molecular weight is 666 g/mol. The fourth-order valence-electron chi connectivity index (χ4n) is 6.58. The van der Waals surface area contributed by atoms with Crippen molar-refractivity contribution >= 4 is 11.8 Å². The lowest BCUT2D eigenvalue weighted by molar-refractivity contribution is -0.131. The van der Waals surface area contributed by atoms with E-state index in [0.717, 1.165) is 25.7 Å². The first-order chi connectivity index (χ1) is 22.9. The summed E-state index contributed by atoms with van der Waals surface area (Å²) in [6.07, 6.45) is 40.0. The quantitative estimate of drug-likeness (QED) is 0.0455. The highest BCUT2D eigenvalue weighted by atomic mass is 16.3. The van der Waals surface area contributed by atoms with Gasteiger partial charge in [-0.3, -0.25) is 14.5 Å². The number of rotatable bonds is 37. The van der Waals surface area contributed by atoms with Gasteiger partial charge in [0.1, 0.15) is 0 Å². The molecule has 0 aliphatic rings. The molecule has 0 saturated heterocycles. The maximum atomic E-state index is 12.8. The first-order valence-corrected chi connectivity index (χ1v) is 20.8. The van der Waals surface area contributed by atoms with E-state index in [2.05, 4.69) is 24.5 Å². The Morgan fingerprint density at radius 1 is 0.468 bits per heavy atom. The van der Waals surface area contributed by atoms with Gasteiger partial charge in [0.2, 0.25) is 11.8 Å². The molecule has 2 amide bonds. The van der Waals surface area contributed by atoms with Gasteiger partial charge in [0.05, 0.1) is 6.61 Å². The lowest BCUT2D eigenvalue weighted by Gasteiger charge is -2.39. The van der Waals surface area contributed by atoms with Gasteiger partial charge in [0, 0.05) is 19.4 Å². The number of nitrogens with zero attached hydrogens (tertiary/aromatic N) is 1. The van der Waals surface area contributed by atoms with Crippen molar-refractivity contribution in [2.24, 2.45) is 0 Å². The Balaban J connectivity index is 3.96. The topological polar surface area (TPSA) is 81.7 Å². The highest BCUT2D eigenvalue weighted by Gasteiger charge is 2.32. The molecule has 0 spiro atoms. The zero-order valence-electron chi connectivity index (χ0n) is 32.3. The van der Waals surface area contributed by atoms with Gasteiger partial charge < -0.3 is 15.7 Å². The first kappa shape index (κ1) is 45.9. The molecule has 47 heavy (non-hydrogen) atoms. The van der Waals surface area contributed by atoms with Gasteiger partial charge in [-0.25, -0.2) is 0 Å². The summed E-state index contributed by atoms with van der Waals surface area (Å²) in [7, 11) is 1.83. The number of hydrogen-bond donors (Lipinski definition) is 3. The Morgan fingerprint density at radius 2 is 0.702 bits per heavy atom. The molecule has 3 N–H and O–H groups in total. The third-order valence-corrected chi connectivity index (χ3v) is 9.98. The predicted octanol–water partition coefficient (Wildman–Crippen LogP) is 11.3. The van der Waals surface area contributed by atoms with Crippen LogP contribution in [0.2, 0.25) is 0 Å². The first-order valence-electron chi connectivity index (χ1n) is 20.8. The minimum absolute atomic E-state index is 0.0318. The van der Waals surface area contributed by atoms with Gasteiger partial charge in [-0.15, -0.1) is 0 Å². The highest BCUT2D eigenvalue weighted by Crippen LogP contribution is 2.16. The summed E-state index contributed by atoms with van der Waals surface area (Å²) in [6, 6.07) is 0. The largest absolute Gasteiger partial charge is 0.395 e. The van der Waals surface area contributed by atoms with Crippen LogP contribution >= 0.6 is 0 Å². The van der Waals surface area contributed by atoms with E-state index in [1.54, 1.807) is 0 Å². The number of nitrogens with one attached hydrogen (secondary N) is 2. The zero-order valence-corrected chi connectivity index (χ0v) is 32.3. The molecule has 0 heterocycles. The van der Waals surface area contributed by atoms with Crippen LogP contribution in [-0.4, -0.2) is 47.8 Å². The zero-order chi connectivity index (χ0) is 34.7. The molecule has 0 aromatic heterocycles. The van der Waals surface area contributed by atoms with Gasteiger partial charge in [0.25, 0.3) is 0 Å². The molecule has 0 unspecified atom stereocenters. The van der Waals surface area contributed by atoms with Crippen molar-refractivity contribution in [3.8, 4) is 0 Å². The lowest BCUT2D eigenvalue weighted by atomic mass is 10.0. The Hall–Kier alpha value is -1.14. The van der Waals surface area contributed by atoms with E-state index in [0.29, 0.717) is 19.4 Å². The summed E-state index contributed by atoms with van der Waals surface area (Å²) in [5, 5.41) is 15.6. The van der Waals surface area contributed by atoms with Crippen molar-refractivity contribution in [2.45, 2.75) is 232 Å². The molecule has 0 saturated carbocycles. The molecule has 0 atom stereocenters. The van der Waals surface area contributed by atoms with Gasteiger partial charge in [-0.1, -0.05) is 194 Å². The van der Waals surface area contributed by atoms with Crippen molar-refractivity contribution in [3.63, 3.8) is 0 Å². The standard InChI is InChI=1S/C41H83N3O3/c1-5-7-9-11-13-15-17-19-21-23-25-27-29-31-33-35-39(46)42-41(3,44(4)37-38-45)43-40(47)36-34-32-30-28-26-24-22-20-18-16-14-12-10-8-6-2/h45H,5-38H2,1-4H3,(H,42,46)(H,43,47). The normalized spacial score (nSPS) is 11.8. The maximum absolute atomic E-state index is 12.8. The van der Waals surface area contributed by atoms with Crippen molar-refractivity contribution in [1.29, 1.82) is 0 Å². The molecular formula is C41H83N3O3. The molecule has 0 bridgehead atoms. The molecular weight excluding hydrogens is 582 g/mol. The maximum Gasteiger partial charge on any atom is 0.222 e. The van der Waals surface area contributed by atoms with Crippen LogP contribution in [0.3, 0.4) is 0 Å². The van der Waals surface area contributed by atoms with Gasteiger partial charge in [0.15, 0.2) is 5.79 Å². The molecule has 0 aliphatic carbocycles. The molecule has 0 rings (SSSR count). The molecule has 0 aromatic carbocycles. The van der Waals surface area contributed by atoms with Crippen LogP contribution in [0.4, 0.5) is 0 Å². The van der Waals surface area contributed by atoms with E-state index in [9.17, 15) is 14.7 Å². The number of hydrogen-bond acceptors (Lipinski definition) is 4. The van der Waals surface area contributed by atoms with Crippen LogP contribution in [0.15, 0.2) is 0 Å². The molecule has 6 heteroatoms. The van der Waals surface area contributed by atoms with E-state index in [1.165, 1.54) is 167 Å². The fraction of sp³-hybridized carbons (Fsp3) is 0.951. The number of likely N-dealkylation sites (N-methyl/N-ethyl adjacent to an activating group) is 1. The summed E-state index contributed by atoms with van der Waals surface area (Å²) in [4.78, 5) is 27.5. The van der Waals surface area contributed by atoms with Gasteiger partial charge in [-0.2, -0.15) is 0 Å². The third kappa shape index (κ3) is 30.6. The number of carbonyl (C=O) groups is 2. The van der Waals surface area contributed by atoms with Gasteiger partial charge >= 0.3 is 0 Å². The number of amides is 2. The molecule has 280 valence electrons. The summed E-state index contributed by atoms with van der Waals surface area (Å²) in [5.41, 5.74) is 0. The summed E-state index contributed by atoms with van der Waals surface area (Å²) < 4.78 is 0. The number of aliphatic hydroxyl groups excluding tert-OH is 1. The van der Waals surface area contributed by atoms with Crippen LogP contribution in [-0.2, 0) is 9.59 Å². The van der Waals surface area contributed by atoms with Crippen LogP contribution in [0.1, 0.15) is 226 Å². The number of carbonyl (C=O) groups excluding carboxylic acids is 2. The molecule has 0 radical (unpaired) electrons. The Morgan fingerprint density at radius 3 is 0.936 bits per heavy atom. The Bertz CT molecular complexity index is 639. The van der Waals surface area contributed by atoms with E-state index in [4.69, 9.17) is 0 Å². The van der Waals surface area contributed by atoms with Crippen LogP contribution in [0.5, 0.6) is 0 Å². The van der Waals surface area contributed by atoms with Crippen molar-refractivity contribution in [1.82, 2.24) is 15.5 Å². The summed E-state index contributed by atoms with van der Waals surface area (Å²) in [5.74, 6) is -1.08. The van der Waals surface area contributed by atoms with Crippen molar-refractivity contribution in [3.05, 3.63) is 0 Å². The number of aliphatic hydroxyl groups is 1. The Labute approximate surface area is 293 Å². The lowest BCUT2D eigenvalue weighted by Crippen LogP contribution is -2.67. The monoisotopic (exact) mass is 666 g/mol. The molecule has 6 nitrogen and oxygen atoms in total. The predicted molar refractivity (Wildman–Crippen MR) is 203 cm³/mol. The second-order valence-electron chi connectivity index (χ2n) is 14.7. The summed E-state index contributed by atoms with van der Waals surface area (Å²) >= 11 is 0. The van der Waals surface area contributed by atoms with Gasteiger partial charge in [-0.05, 0) is 26.8 Å². The van der Waals surface area contributed by atoms with E-state index >= 15 is 0 Å². The molecule has 0 aromatic rings. The SMILES string of the molecule is CCCCCCCCCCCCCCCCCC(=O)NC(C)(NC(=O)CCCCCCCCCCCCCCCCC)N(C)CCO. The van der Waals surface area contributed by atoms with E-state index in [1.807, 2.05) is 18.9 Å². The van der Waals surface area contributed by atoms with Crippen molar-refractivity contribution in [2.75, 3.05) is 20.2 Å². The minimum Gasteiger partial charge on any atom is -0.395 e. The molecule has 0 aliphatic heterocycles. The fourth-order valence-corrected chi connectivity index (χ4v) is 6.58. The highest BCUT2D eigenvalue weighted by molar-refractivity contribution is 5.80. The Kier molecular flexibility index (Phi) is 33.9. The molecule has 0 fully saturated rings. The smallest absolute Gasteiger partial charge is 0.222 e. The minimum atomic E-state index is -0.998. The van der Waals surface area contributed by atoms with E-state index in [-0.39, 0.29) is 18.4 Å². The average Bonchev–Trinajstić information content (AvgIpc) is 3.04. The second-order valence-corrected chi connectivity index (χ2v) is 14.7. The second kappa shape index (κ2) is 34.7. The summed E-state index contributed by atoms with van der Waals surface area (Å²) in [6.45, 7) is 6.72. The van der Waals surface area contributed by atoms with Crippen LogP contribution < -0.4 is 10.6 Å². The van der Waals surface area contributed by atoms with Crippen LogP contribution in [0, 0.1) is 0 Å².